The van der Waals surface area contributed by atoms with Crippen LogP contribution in [0.3, 0.4) is 0 Å². The van der Waals surface area contributed by atoms with Crippen LogP contribution >= 0.6 is 0 Å². The smallest absolute Gasteiger partial charge is 0.371 e. The van der Waals surface area contributed by atoms with Crippen LogP contribution in [0.4, 0.5) is 0 Å². The van der Waals surface area contributed by atoms with Crippen LogP contribution < -0.4 is 0 Å². The van der Waals surface area contributed by atoms with Crippen molar-refractivity contribution in [2.45, 2.75) is 32.0 Å². The topological polar surface area (TPSA) is 76.0 Å². The zero-order valence-electron chi connectivity index (χ0n) is 12.4. The quantitative estimate of drug-likeness (QED) is 0.540. The first-order valence-corrected chi connectivity index (χ1v) is 6.92. The Kier molecular flexibility index (Phi) is 7.50. The second-order valence-electron chi connectivity index (χ2n) is 4.61. The van der Waals surface area contributed by atoms with Crippen molar-refractivity contribution in [1.29, 1.82) is 0 Å². The molecule has 0 bridgehead atoms. The Morgan fingerprint density at radius 3 is 2.52 bits per heavy atom. The Balaban J connectivity index is 2.60. The van der Waals surface area contributed by atoms with E-state index in [0.29, 0.717) is 12.8 Å². The van der Waals surface area contributed by atoms with Gasteiger partial charge in [-0.3, -0.25) is 0 Å². The van der Waals surface area contributed by atoms with Gasteiger partial charge >= 0.3 is 5.97 Å². The number of aliphatic carboxylic acids is 1. The minimum absolute atomic E-state index is 0.123. The summed E-state index contributed by atoms with van der Waals surface area (Å²) in [5, 5.41) is 18.9. The van der Waals surface area contributed by atoms with Gasteiger partial charge in [0, 0.05) is 13.5 Å². The molecule has 5 nitrogen and oxygen atoms in total. The van der Waals surface area contributed by atoms with E-state index in [0.717, 1.165) is 5.56 Å². The Morgan fingerprint density at radius 1 is 1.33 bits per heavy atom. The van der Waals surface area contributed by atoms with E-state index in [-0.39, 0.29) is 18.5 Å². The Bertz CT molecular complexity index is 455. The third-order valence-corrected chi connectivity index (χ3v) is 3.12. The molecular weight excluding hydrogens is 272 g/mol. The number of rotatable bonds is 9. The lowest BCUT2D eigenvalue weighted by Crippen LogP contribution is -2.28. The molecule has 5 heteroatoms. The predicted octanol–water partition coefficient (Wildman–Crippen LogP) is 2.30. The standard InChI is InChI=1S/C16H22O5/c1-3-13(17)14(20-2)9-10-21-15(16(18)19)11-12-7-5-4-6-8-12/h4-8,11,13-14,17H,3,9-10H2,1-2H3,(H,18,19). The molecule has 1 rings (SSSR count). The number of carbonyl (C=O) groups is 1. The average Bonchev–Trinajstić information content (AvgIpc) is 2.50. The molecule has 21 heavy (non-hydrogen) atoms. The molecule has 0 saturated heterocycles. The van der Waals surface area contributed by atoms with Crippen LogP contribution in [0.2, 0.25) is 0 Å². The zero-order chi connectivity index (χ0) is 15.7. The molecule has 0 radical (unpaired) electrons. The molecule has 0 aromatic heterocycles. The number of methoxy groups -OCH3 is 1. The second-order valence-corrected chi connectivity index (χ2v) is 4.61. The summed E-state index contributed by atoms with van der Waals surface area (Å²) < 4.78 is 10.5. The number of aliphatic hydroxyl groups is 1. The summed E-state index contributed by atoms with van der Waals surface area (Å²) in [5.41, 5.74) is 0.756. The van der Waals surface area contributed by atoms with E-state index in [4.69, 9.17) is 14.6 Å². The fraction of sp³-hybridized carbons (Fsp3) is 0.438. The van der Waals surface area contributed by atoms with E-state index in [1.807, 2.05) is 25.1 Å². The second kappa shape index (κ2) is 9.15. The van der Waals surface area contributed by atoms with Gasteiger partial charge in [0.1, 0.15) is 0 Å². The average molecular weight is 294 g/mol. The molecule has 0 aliphatic rings. The van der Waals surface area contributed by atoms with E-state index < -0.39 is 12.1 Å². The number of aliphatic hydroxyl groups excluding tert-OH is 1. The first-order valence-electron chi connectivity index (χ1n) is 6.92. The summed E-state index contributed by atoms with van der Waals surface area (Å²) in [6, 6.07) is 9.10. The molecule has 2 atom stereocenters. The monoisotopic (exact) mass is 294 g/mol. The van der Waals surface area contributed by atoms with Gasteiger partial charge in [-0.15, -0.1) is 0 Å². The summed E-state index contributed by atoms with van der Waals surface area (Å²) in [6.45, 7) is 2.02. The molecule has 0 spiro atoms. The van der Waals surface area contributed by atoms with Crippen molar-refractivity contribution in [2.75, 3.05) is 13.7 Å². The summed E-state index contributed by atoms with van der Waals surface area (Å²) in [4.78, 5) is 11.2. The minimum Gasteiger partial charge on any atom is -0.486 e. The summed E-state index contributed by atoms with van der Waals surface area (Å²) in [6.07, 6.45) is 1.53. The van der Waals surface area contributed by atoms with E-state index >= 15 is 0 Å². The Hall–Kier alpha value is -1.85. The number of carboxylic acid groups (broad SMARTS) is 1. The number of hydrogen-bond donors (Lipinski definition) is 2. The maximum atomic E-state index is 11.2. The van der Waals surface area contributed by atoms with Crippen LogP contribution in [0, 0.1) is 0 Å². The first kappa shape index (κ1) is 17.2. The molecule has 1 aromatic carbocycles. The lowest BCUT2D eigenvalue weighted by atomic mass is 10.1. The van der Waals surface area contributed by atoms with Crippen LogP contribution in [0.1, 0.15) is 25.3 Å². The molecule has 2 unspecified atom stereocenters. The predicted molar refractivity (Wildman–Crippen MR) is 79.7 cm³/mol. The highest BCUT2D eigenvalue weighted by Crippen LogP contribution is 2.11. The van der Waals surface area contributed by atoms with Gasteiger partial charge in [0.15, 0.2) is 0 Å². The molecule has 1 aromatic rings. The first-order chi connectivity index (χ1) is 10.1. The largest absolute Gasteiger partial charge is 0.486 e. The molecule has 116 valence electrons. The van der Waals surface area contributed by atoms with Crippen LogP contribution in [-0.4, -0.2) is 42.1 Å². The number of benzene rings is 1. The molecular formula is C16H22O5. The van der Waals surface area contributed by atoms with Gasteiger partial charge in [0.05, 0.1) is 18.8 Å². The SMILES string of the molecule is CCC(O)C(CCOC(=Cc1ccccc1)C(=O)O)OC. The van der Waals surface area contributed by atoms with Gasteiger partial charge in [0.25, 0.3) is 0 Å². The van der Waals surface area contributed by atoms with Gasteiger partial charge in [-0.25, -0.2) is 4.79 Å². The third-order valence-electron chi connectivity index (χ3n) is 3.12. The molecule has 0 heterocycles. The van der Waals surface area contributed by atoms with Gasteiger partial charge in [-0.05, 0) is 18.1 Å². The summed E-state index contributed by atoms with van der Waals surface area (Å²) >= 11 is 0. The van der Waals surface area contributed by atoms with Crippen molar-refractivity contribution in [3.8, 4) is 0 Å². The van der Waals surface area contributed by atoms with Crippen LogP contribution in [0.5, 0.6) is 0 Å². The van der Waals surface area contributed by atoms with E-state index in [9.17, 15) is 9.90 Å². The van der Waals surface area contributed by atoms with E-state index in [1.54, 1.807) is 12.1 Å². The Labute approximate surface area is 124 Å². The van der Waals surface area contributed by atoms with Gasteiger partial charge in [0.2, 0.25) is 5.76 Å². The number of ether oxygens (including phenoxy) is 2. The Morgan fingerprint density at radius 2 is 2.00 bits per heavy atom. The molecule has 0 aliphatic carbocycles. The van der Waals surface area contributed by atoms with E-state index in [1.165, 1.54) is 13.2 Å². The lowest BCUT2D eigenvalue weighted by Gasteiger charge is -2.20. The maximum absolute atomic E-state index is 11.2. The number of hydrogen-bond acceptors (Lipinski definition) is 4. The molecule has 0 amide bonds. The zero-order valence-corrected chi connectivity index (χ0v) is 12.4. The van der Waals surface area contributed by atoms with Gasteiger partial charge in [-0.1, -0.05) is 37.3 Å². The van der Waals surface area contributed by atoms with Crippen molar-refractivity contribution < 1.29 is 24.5 Å². The molecule has 2 N–H and O–H groups in total. The van der Waals surface area contributed by atoms with Crippen molar-refractivity contribution >= 4 is 12.0 Å². The molecule has 0 fully saturated rings. The maximum Gasteiger partial charge on any atom is 0.371 e. The van der Waals surface area contributed by atoms with Crippen molar-refractivity contribution in [2.24, 2.45) is 0 Å². The highest BCUT2D eigenvalue weighted by atomic mass is 16.5. The highest BCUT2D eigenvalue weighted by Gasteiger charge is 2.18. The fourth-order valence-corrected chi connectivity index (χ4v) is 1.88. The molecule has 0 aliphatic heterocycles. The third kappa shape index (κ3) is 5.97. The normalized spacial score (nSPS) is 14.5. The van der Waals surface area contributed by atoms with Crippen LogP contribution in [0.15, 0.2) is 36.1 Å². The fourth-order valence-electron chi connectivity index (χ4n) is 1.88. The van der Waals surface area contributed by atoms with Gasteiger partial charge in [-0.2, -0.15) is 0 Å². The van der Waals surface area contributed by atoms with Crippen molar-refractivity contribution in [1.82, 2.24) is 0 Å². The van der Waals surface area contributed by atoms with Crippen LogP contribution in [-0.2, 0) is 14.3 Å². The van der Waals surface area contributed by atoms with E-state index in [2.05, 4.69) is 0 Å². The lowest BCUT2D eigenvalue weighted by molar-refractivity contribution is -0.136. The van der Waals surface area contributed by atoms with Gasteiger partial charge < -0.3 is 19.7 Å². The highest BCUT2D eigenvalue weighted by molar-refractivity contribution is 5.89. The van der Waals surface area contributed by atoms with Crippen molar-refractivity contribution in [3.05, 3.63) is 41.7 Å². The minimum atomic E-state index is -1.12. The molecule has 0 saturated carbocycles. The van der Waals surface area contributed by atoms with Crippen LogP contribution in [0.25, 0.3) is 6.08 Å². The number of carboxylic acids is 1. The summed E-state index contributed by atoms with van der Waals surface area (Å²) in [7, 11) is 1.52. The van der Waals surface area contributed by atoms with Crippen molar-refractivity contribution in [3.63, 3.8) is 0 Å². The summed E-state index contributed by atoms with van der Waals surface area (Å²) in [5.74, 6) is -1.24.